The van der Waals surface area contributed by atoms with E-state index in [1.807, 2.05) is 18.2 Å². The second-order valence-corrected chi connectivity index (χ2v) is 4.91. The Labute approximate surface area is 107 Å². The van der Waals surface area contributed by atoms with Crippen molar-refractivity contribution in [2.45, 2.75) is 25.5 Å². The molecule has 0 spiro atoms. The first-order valence-corrected chi connectivity index (χ1v) is 6.29. The van der Waals surface area contributed by atoms with E-state index < -0.39 is 0 Å². The van der Waals surface area contributed by atoms with Crippen molar-refractivity contribution < 1.29 is 9.84 Å². The van der Waals surface area contributed by atoms with Crippen molar-refractivity contribution in [3.8, 4) is 5.75 Å². The fourth-order valence-corrected chi connectivity index (χ4v) is 2.52. The van der Waals surface area contributed by atoms with Crippen LogP contribution in [0.5, 0.6) is 5.75 Å². The number of likely N-dealkylation sites (tertiary alicyclic amines) is 1. The SMILES string of the molecule is COc1ccc(CN2CCC[C@H](O)C2)cc1Cl. The Morgan fingerprint density at radius 3 is 3.00 bits per heavy atom. The van der Waals surface area contributed by atoms with Gasteiger partial charge >= 0.3 is 0 Å². The van der Waals surface area contributed by atoms with Crippen LogP contribution in [0.2, 0.25) is 5.02 Å². The van der Waals surface area contributed by atoms with E-state index in [1.165, 1.54) is 0 Å². The average molecular weight is 256 g/mol. The lowest BCUT2D eigenvalue weighted by Gasteiger charge is -2.30. The van der Waals surface area contributed by atoms with E-state index in [1.54, 1.807) is 7.11 Å². The molecule has 1 saturated heterocycles. The van der Waals surface area contributed by atoms with Crippen LogP contribution in [0.3, 0.4) is 0 Å². The van der Waals surface area contributed by atoms with Crippen LogP contribution in [0.25, 0.3) is 0 Å². The molecule has 1 aromatic rings. The van der Waals surface area contributed by atoms with Gasteiger partial charge in [0, 0.05) is 13.1 Å². The number of aliphatic hydroxyl groups excluding tert-OH is 1. The van der Waals surface area contributed by atoms with Crippen molar-refractivity contribution in [1.82, 2.24) is 4.90 Å². The van der Waals surface area contributed by atoms with Crippen LogP contribution in [0, 0.1) is 0 Å². The minimum absolute atomic E-state index is 0.183. The topological polar surface area (TPSA) is 32.7 Å². The highest BCUT2D eigenvalue weighted by Gasteiger charge is 2.17. The van der Waals surface area contributed by atoms with E-state index in [4.69, 9.17) is 16.3 Å². The zero-order valence-corrected chi connectivity index (χ0v) is 10.8. The summed E-state index contributed by atoms with van der Waals surface area (Å²) in [4.78, 5) is 2.26. The van der Waals surface area contributed by atoms with Crippen molar-refractivity contribution in [1.29, 1.82) is 0 Å². The van der Waals surface area contributed by atoms with Crippen LogP contribution in [0.1, 0.15) is 18.4 Å². The molecule has 1 aliphatic rings. The smallest absolute Gasteiger partial charge is 0.137 e. The van der Waals surface area contributed by atoms with Crippen LogP contribution >= 0.6 is 11.6 Å². The van der Waals surface area contributed by atoms with E-state index in [9.17, 15) is 5.11 Å². The van der Waals surface area contributed by atoms with Gasteiger partial charge in [-0.1, -0.05) is 17.7 Å². The number of methoxy groups -OCH3 is 1. The molecule has 0 saturated carbocycles. The number of β-amino-alcohol motifs (C(OH)–C–C–N with tert-alkyl or cyclic N) is 1. The molecule has 17 heavy (non-hydrogen) atoms. The number of benzene rings is 1. The zero-order valence-electron chi connectivity index (χ0n) is 10.0. The maximum atomic E-state index is 9.61. The number of aliphatic hydroxyl groups is 1. The fourth-order valence-electron chi connectivity index (χ4n) is 2.24. The van der Waals surface area contributed by atoms with Gasteiger partial charge in [-0.3, -0.25) is 4.90 Å². The van der Waals surface area contributed by atoms with Crippen molar-refractivity contribution in [3.63, 3.8) is 0 Å². The highest BCUT2D eigenvalue weighted by atomic mass is 35.5. The van der Waals surface area contributed by atoms with Gasteiger partial charge in [-0.05, 0) is 37.1 Å². The molecular weight excluding hydrogens is 238 g/mol. The summed E-state index contributed by atoms with van der Waals surface area (Å²) < 4.78 is 5.12. The monoisotopic (exact) mass is 255 g/mol. The molecule has 94 valence electrons. The minimum atomic E-state index is -0.183. The van der Waals surface area contributed by atoms with Crippen LogP contribution in [0.4, 0.5) is 0 Å². The molecule has 1 atom stereocenters. The maximum Gasteiger partial charge on any atom is 0.137 e. The molecular formula is C13H18ClNO2. The lowest BCUT2D eigenvalue weighted by atomic mass is 10.1. The summed E-state index contributed by atoms with van der Waals surface area (Å²) in [6, 6.07) is 5.84. The third-order valence-corrected chi connectivity index (χ3v) is 3.40. The second kappa shape index (κ2) is 5.71. The molecule has 1 fully saturated rings. The normalized spacial score (nSPS) is 21.5. The number of nitrogens with zero attached hydrogens (tertiary/aromatic N) is 1. The quantitative estimate of drug-likeness (QED) is 0.900. The van der Waals surface area contributed by atoms with Gasteiger partial charge in [0.25, 0.3) is 0 Å². The number of ether oxygens (including phenoxy) is 1. The Morgan fingerprint density at radius 1 is 1.53 bits per heavy atom. The van der Waals surface area contributed by atoms with Crippen LogP contribution in [-0.2, 0) is 6.54 Å². The highest BCUT2D eigenvalue weighted by molar-refractivity contribution is 6.32. The molecule has 0 aromatic heterocycles. The Balaban J connectivity index is 2.00. The highest BCUT2D eigenvalue weighted by Crippen LogP contribution is 2.26. The van der Waals surface area contributed by atoms with E-state index >= 15 is 0 Å². The largest absolute Gasteiger partial charge is 0.495 e. The summed E-state index contributed by atoms with van der Waals surface area (Å²) in [5.74, 6) is 0.703. The maximum absolute atomic E-state index is 9.61. The third-order valence-electron chi connectivity index (χ3n) is 3.10. The van der Waals surface area contributed by atoms with Gasteiger partial charge in [0.15, 0.2) is 0 Å². The average Bonchev–Trinajstić information content (AvgIpc) is 2.29. The minimum Gasteiger partial charge on any atom is -0.495 e. The van der Waals surface area contributed by atoms with Crippen molar-refractivity contribution in [2.24, 2.45) is 0 Å². The summed E-state index contributed by atoms with van der Waals surface area (Å²) >= 11 is 6.08. The summed E-state index contributed by atoms with van der Waals surface area (Å²) in [6.45, 7) is 2.63. The number of piperidine rings is 1. The molecule has 1 aliphatic heterocycles. The number of halogens is 1. The van der Waals surface area contributed by atoms with Crippen LogP contribution < -0.4 is 4.74 Å². The van der Waals surface area contributed by atoms with E-state index in [2.05, 4.69) is 4.90 Å². The molecule has 1 heterocycles. The molecule has 1 aromatic carbocycles. The molecule has 4 heteroatoms. The Morgan fingerprint density at radius 2 is 2.35 bits per heavy atom. The Kier molecular flexibility index (Phi) is 4.26. The summed E-state index contributed by atoms with van der Waals surface area (Å²) in [5.41, 5.74) is 1.16. The van der Waals surface area contributed by atoms with Gasteiger partial charge < -0.3 is 9.84 Å². The summed E-state index contributed by atoms with van der Waals surface area (Å²) in [6.07, 6.45) is 1.79. The molecule has 3 nitrogen and oxygen atoms in total. The number of rotatable bonds is 3. The summed E-state index contributed by atoms with van der Waals surface area (Å²) in [7, 11) is 1.61. The molecule has 0 bridgehead atoms. The van der Waals surface area contributed by atoms with Crippen LogP contribution in [-0.4, -0.2) is 36.3 Å². The van der Waals surface area contributed by atoms with Gasteiger partial charge in [-0.2, -0.15) is 0 Å². The van der Waals surface area contributed by atoms with Gasteiger partial charge in [0.05, 0.1) is 18.2 Å². The van der Waals surface area contributed by atoms with Gasteiger partial charge in [0.2, 0.25) is 0 Å². The van der Waals surface area contributed by atoms with E-state index in [-0.39, 0.29) is 6.10 Å². The predicted molar refractivity (Wildman–Crippen MR) is 68.5 cm³/mol. The molecule has 0 unspecified atom stereocenters. The molecule has 0 amide bonds. The standard InChI is InChI=1S/C13H18ClNO2/c1-17-13-5-4-10(7-12(13)14)8-15-6-2-3-11(16)9-15/h4-5,7,11,16H,2-3,6,8-9H2,1H3/t11-/m0/s1. The lowest BCUT2D eigenvalue weighted by molar-refractivity contribution is 0.0668. The first kappa shape index (κ1) is 12.7. The van der Waals surface area contributed by atoms with E-state index in [0.29, 0.717) is 10.8 Å². The predicted octanol–water partition coefficient (Wildman–Crippen LogP) is 2.31. The van der Waals surface area contributed by atoms with Crippen LogP contribution in [0.15, 0.2) is 18.2 Å². The van der Waals surface area contributed by atoms with Crippen molar-refractivity contribution in [2.75, 3.05) is 20.2 Å². The molecule has 0 radical (unpaired) electrons. The molecule has 1 N–H and O–H groups in total. The Hall–Kier alpha value is -0.770. The van der Waals surface area contributed by atoms with Crippen molar-refractivity contribution in [3.05, 3.63) is 28.8 Å². The third kappa shape index (κ3) is 3.35. The first-order chi connectivity index (χ1) is 8.19. The lowest BCUT2D eigenvalue weighted by Crippen LogP contribution is -2.37. The van der Waals surface area contributed by atoms with Crippen molar-refractivity contribution >= 4 is 11.6 Å². The fraction of sp³-hybridized carbons (Fsp3) is 0.538. The van der Waals surface area contributed by atoms with Gasteiger partial charge in [-0.15, -0.1) is 0 Å². The second-order valence-electron chi connectivity index (χ2n) is 4.50. The van der Waals surface area contributed by atoms with Gasteiger partial charge in [0.1, 0.15) is 5.75 Å². The molecule has 2 rings (SSSR count). The summed E-state index contributed by atoms with van der Waals surface area (Å²) in [5, 5.41) is 10.2. The number of hydrogen-bond acceptors (Lipinski definition) is 3. The zero-order chi connectivity index (χ0) is 12.3. The van der Waals surface area contributed by atoms with E-state index in [0.717, 1.165) is 38.0 Å². The van der Waals surface area contributed by atoms with Gasteiger partial charge in [-0.25, -0.2) is 0 Å². The first-order valence-electron chi connectivity index (χ1n) is 5.92. The number of hydrogen-bond donors (Lipinski definition) is 1. The Bertz CT molecular complexity index is 384. The molecule has 0 aliphatic carbocycles.